The second-order valence-corrected chi connectivity index (χ2v) is 6.25. The van der Waals surface area contributed by atoms with Crippen LogP contribution in [0.2, 0.25) is 0 Å². The lowest BCUT2D eigenvalue weighted by Gasteiger charge is -2.32. The van der Waals surface area contributed by atoms with Crippen LogP contribution in [-0.4, -0.2) is 47.9 Å². The average Bonchev–Trinajstić information content (AvgIpc) is 2.79. The number of likely N-dealkylation sites (tertiary alicyclic amines) is 1. The quantitative estimate of drug-likeness (QED) is 0.897. The fraction of sp³-hybridized carbons (Fsp3) is 0.714. The van der Waals surface area contributed by atoms with Gasteiger partial charge in [-0.3, -0.25) is 4.79 Å². The van der Waals surface area contributed by atoms with Crippen LogP contribution in [0.4, 0.5) is 0 Å². The van der Waals surface area contributed by atoms with Crippen molar-refractivity contribution >= 4 is 17.7 Å². The molecule has 1 aromatic heterocycles. The molecule has 0 saturated carbocycles. The number of aromatic nitrogens is 1. The molecule has 0 radical (unpaired) electrons. The number of hydrogen-bond donors (Lipinski definition) is 1. The molecule has 1 N–H and O–H groups in total. The first-order chi connectivity index (χ1) is 9.61. The van der Waals surface area contributed by atoms with E-state index in [2.05, 4.69) is 10.5 Å². The van der Waals surface area contributed by atoms with E-state index in [1.807, 2.05) is 25.8 Å². The highest BCUT2D eigenvalue weighted by molar-refractivity contribution is 7.99. The molecule has 2 rings (SSSR count). The summed E-state index contributed by atoms with van der Waals surface area (Å²) in [7, 11) is 1.96. The van der Waals surface area contributed by atoms with Crippen molar-refractivity contribution in [1.29, 1.82) is 0 Å². The van der Waals surface area contributed by atoms with Crippen molar-refractivity contribution in [2.45, 2.75) is 38.5 Å². The second-order valence-electron chi connectivity index (χ2n) is 5.26. The summed E-state index contributed by atoms with van der Waals surface area (Å²) in [5.74, 6) is 2.41. The minimum atomic E-state index is 0.238. The number of rotatable bonds is 5. The molecule has 1 fully saturated rings. The number of piperidine rings is 1. The van der Waals surface area contributed by atoms with Gasteiger partial charge in [-0.05, 0) is 33.7 Å². The molecular weight excluding hydrogens is 274 g/mol. The maximum absolute atomic E-state index is 12.2. The van der Waals surface area contributed by atoms with Gasteiger partial charge in [0.15, 0.2) is 0 Å². The SMILES string of the molecule is CNC1CCCN(C(=O)CSCc2c(C)noc2C)C1. The summed E-state index contributed by atoms with van der Waals surface area (Å²) < 4.78 is 5.13. The Balaban J connectivity index is 1.78. The predicted octanol–water partition coefficient (Wildman–Crippen LogP) is 1.74. The van der Waals surface area contributed by atoms with Crippen LogP contribution >= 0.6 is 11.8 Å². The summed E-state index contributed by atoms with van der Waals surface area (Å²) in [6.45, 7) is 5.58. The van der Waals surface area contributed by atoms with Crippen LogP contribution in [0.15, 0.2) is 4.52 Å². The van der Waals surface area contributed by atoms with E-state index < -0.39 is 0 Å². The summed E-state index contributed by atoms with van der Waals surface area (Å²) in [6, 6.07) is 0.445. The molecule has 1 aromatic rings. The van der Waals surface area contributed by atoms with Gasteiger partial charge in [-0.15, -0.1) is 11.8 Å². The summed E-state index contributed by atoms with van der Waals surface area (Å²) in [4.78, 5) is 14.2. The number of hydrogen-bond acceptors (Lipinski definition) is 5. The van der Waals surface area contributed by atoms with Crippen molar-refractivity contribution in [2.75, 3.05) is 25.9 Å². The number of thioether (sulfide) groups is 1. The number of nitrogens with one attached hydrogen (secondary N) is 1. The zero-order valence-electron chi connectivity index (χ0n) is 12.4. The maximum atomic E-state index is 12.2. The Hall–Kier alpha value is -1.01. The van der Waals surface area contributed by atoms with Gasteiger partial charge in [-0.25, -0.2) is 0 Å². The standard InChI is InChI=1S/C14H23N3O2S/c1-10-13(11(2)19-16-10)8-20-9-14(18)17-6-4-5-12(7-17)15-3/h12,15H,4-9H2,1-3H3. The molecule has 1 aliphatic heterocycles. The lowest BCUT2D eigenvalue weighted by molar-refractivity contribution is -0.129. The van der Waals surface area contributed by atoms with E-state index in [4.69, 9.17) is 4.52 Å². The van der Waals surface area contributed by atoms with Crippen LogP contribution in [0.5, 0.6) is 0 Å². The van der Waals surface area contributed by atoms with E-state index >= 15 is 0 Å². The van der Waals surface area contributed by atoms with E-state index in [1.165, 1.54) is 0 Å². The van der Waals surface area contributed by atoms with Crippen LogP contribution in [-0.2, 0) is 10.5 Å². The Labute approximate surface area is 124 Å². The normalized spacial score (nSPS) is 19.4. The average molecular weight is 297 g/mol. The zero-order chi connectivity index (χ0) is 14.5. The Kier molecular flexibility index (Phi) is 5.48. The van der Waals surface area contributed by atoms with Crippen LogP contribution in [0.3, 0.4) is 0 Å². The van der Waals surface area contributed by atoms with E-state index in [0.29, 0.717) is 11.8 Å². The molecule has 5 nitrogen and oxygen atoms in total. The molecule has 1 saturated heterocycles. The topological polar surface area (TPSA) is 58.4 Å². The minimum absolute atomic E-state index is 0.238. The van der Waals surface area contributed by atoms with E-state index in [-0.39, 0.29) is 5.91 Å². The maximum Gasteiger partial charge on any atom is 0.232 e. The highest BCUT2D eigenvalue weighted by Crippen LogP contribution is 2.20. The molecular formula is C14H23N3O2S. The fourth-order valence-corrected chi connectivity index (χ4v) is 3.55. The van der Waals surface area contributed by atoms with Crippen LogP contribution in [0, 0.1) is 13.8 Å². The molecule has 20 heavy (non-hydrogen) atoms. The van der Waals surface area contributed by atoms with Crippen molar-refractivity contribution in [1.82, 2.24) is 15.4 Å². The number of nitrogens with zero attached hydrogens (tertiary/aromatic N) is 2. The van der Waals surface area contributed by atoms with Gasteiger partial charge in [0.25, 0.3) is 0 Å². The third-order valence-corrected chi connectivity index (χ3v) is 4.78. The first-order valence-corrected chi connectivity index (χ1v) is 8.21. The van der Waals surface area contributed by atoms with Crippen molar-refractivity contribution in [2.24, 2.45) is 0 Å². The summed E-state index contributed by atoms with van der Waals surface area (Å²) in [5.41, 5.74) is 2.05. The van der Waals surface area contributed by atoms with E-state index in [9.17, 15) is 4.79 Å². The van der Waals surface area contributed by atoms with Crippen LogP contribution < -0.4 is 5.32 Å². The number of carbonyl (C=O) groups excluding carboxylic acids is 1. The molecule has 1 aliphatic rings. The molecule has 2 heterocycles. The fourth-order valence-electron chi connectivity index (χ4n) is 2.48. The molecule has 0 bridgehead atoms. The molecule has 1 amide bonds. The lowest BCUT2D eigenvalue weighted by Crippen LogP contribution is -2.47. The first-order valence-electron chi connectivity index (χ1n) is 7.06. The molecule has 6 heteroatoms. The van der Waals surface area contributed by atoms with Gasteiger partial charge in [0, 0.05) is 30.4 Å². The summed E-state index contributed by atoms with van der Waals surface area (Å²) in [6.07, 6.45) is 2.25. The van der Waals surface area contributed by atoms with Crippen molar-refractivity contribution in [3.63, 3.8) is 0 Å². The van der Waals surface area contributed by atoms with Gasteiger partial charge in [0.2, 0.25) is 5.91 Å². The Morgan fingerprint density at radius 3 is 3.00 bits per heavy atom. The molecule has 0 aliphatic carbocycles. The van der Waals surface area contributed by atoms with Crippen LogP contribution in [0.25, 0.3) is 0 Å². The second kappa shape index (κ2) is 7.13. The number of amides is 1. The Morgan fingerprint density at radius 2 is 2.35 bits per heavy atom. The summed E-state index contributed by atoms with van der Waals surface area (Å²) >= 11 is 1.64. The number of carbonyl (C=O) groups is 1. The smallest absolute Gasteiger partial charge is 0.232 e. The van der Waals surface area contributed by atoms with Crippen molar-refractivity contribution in [3.8, 4) is 0 Å². The van der Waals surface area contributed by atoms with Crippen LogP contribution in [0.1, 0.15) is 29.9 Å². The van der Waals surface area contributed by atoms with Gasteiger partial charge < -0.3 is 14.7 Å². The first kappa shape index (κ1) is 15.4. The largest absolute Gasteiger partial charge is 0.361 e. The van der Waals surface area contributed by atoms with Gasteiger partial charge in [0.1, 0.15) is 5.76 Å². The van der Waals surface area contributed by atoms with Gasteiger partial charge in [-0.1, -0.05) is 5.16 Å². The zero-order valence-corrected chi connectivity index (χ0v) is 13.3. The molecule has 1 atom stereocenters. The third kappa shape index (κ3) is 3.76. The number of aryl methyl sites for hydroxylation is 2. The Bertz CT molecular complexity index is 442. The highest BCUT2D eigenvalue weighted by atomic mass is 32.2. The van der Waals surface area contributed by atoms with Gasteiger partial charge >= 0.3 is 0 Å². The van der Waals surface area contributed by atoms with Gasteiger partial charge in [0.05, 0.1) is 11.4 Å². The molecule has 0 spiro atoms. The van der Waals surface area contributed by atoms with E-state index in [1.54, 1.807) is 11.8 Å². The monoisotopic (exact) mass is 297 g/mol. The summed E-state index contributed by atoms with van der Waals surface area (Å²) in [5, 5.41) is 7.19. The predicted molar refractivity (Wildman–Crippen MR) is 80.8 cm³/mol. The lowest BCUT2D eigenvalue weighted by atomic mass is 10.1. The molecule has 0 aromatic carbocycles. The number of likely N-dealkylation sites (N-methyl/N-ethyl adjacent to an activating group) is 1. The highest BCUT2D eigenvalue weighted by Gasteiger charge is 2.22. The minimum Gasteiger partial charge on any atom is -0.361 e. The Morgan fingerprint density at radius 1 is 1.55 bits per heavy atom. The van der Waals surface area contributed by atoms with Crippen molar-refractivity contribution < 1.29 is 9.32 Å². The van der Waals surface area contributed by atoms with E-state index in [0.717, 1.165) is 48.7 Å². The third-order valence-electron chi connectivity index (χ3n) is 3.84. The molecule has 112 valence electrons. The van der Waals surface area contributed by atoms with Crippen molar-refractivity contribution in [3.05, 3.63) is 17.0 Å². The molecule has 1 unspecified atom stereocenters. The van der Waals surface area contributed by atoms with Gasteiger partial charge in [-0.2, -0.15) is 0 Å².